The molecule has 0 unspecified atom stereocenters. The van der Waals surface area contributed by atoms with Crippen LogP contribution in [-0.2, 0) is 0 Å². The zero-order valence-corrected chi connectivity index (χ0v) is 10.4. The average molecular weight is 224 g/mol. The third-order valence-corrected chi connectivity index (χ3v) is 4.48. The van der Waals surface area contributed by atoms with Gasteiger partial charge in [0.1, 0.15) is 0 Å². The van der Waals surface area contributed by atoms with Crippen LogP contribution in [0.3, 0.4) is 0 Å². The number of piperidine rings is 1. The van der Waals surface area contributed by atoms with E-state index >= 15 is 0 Å². The fourth-order valence-electron chi connectivity index (χ4n) is 2.28. The second-order valence-electron chi connectivity index (χ2n) is 4.29. The topological polar surface area (TPSA) is 15.3 Å². The van der Waals surface area contributed by atoms with E-state index in [4.69, 9.17) is 0 Å². The third-order valence-electron chi connectivity index (χ3n) is 3.44. The van der Waals surface area contributed by atoms with Gasteiger partial charge in [0.15, 0.2) is 0 Å². The van der Waals surface area contributed by atoms with Gasteiger partial charge in [-0.05, 0) is 38.3 Å². The van der Waals surface area contributed by atoms with E-state index in [0.29, 0.717) is 6.04 Å². The summed E-state index contributed by atoms with van der Waals surface area (Å²) in [6.45, 7) is 4.78. The molecule has 0 bridgehead atoms. The first-order valence-corrected chi connectivity index (χ1v) is 6.64. The predicted molar refractivity (Wildman–Crippen MR) is 66.4 cm³/mol. The fourth-order valence-corrected chi connectivity index (χ4v) is 3.10. The minimum absolute atomic E-state index is 0.600. The summed E-state index contributed by atoms with van der Waals surface area (Å²) < 4.78 is 0. The molecule has 0 radical (unpaired) electrons. The van der Waals surface area contributed by atoms with Crippen molar-refractivity contribution in [1.29, 1.82) is 0 Å². The van der Waals surface area contributed by atoms with Crippen LogP contribution in [0.1, 0.15) is 30.7 Å². The number of hydrogen-bond donors (Lipinski definition) is 1. The molecule has 2 nitrogen and oxygen atoms in total. The van der Waals surface area contributed by atoms with Crippen LogP contribution in [0.15, 0.2) is 17.5 Å². The molecule has 0 amide bonds. The normalized spacial score (nSPS) is 21.7. The Hall–Kier alpha value is -0.380. The van der Waals surface area contributed by atoms with Gasteiger partial charge in [0.25, 0.3) is 0 Å². The lowest BCUT2D eigenvalue weighted by Crippen LogP contribution is -2.41. The third kappa shape index (κ3) is 2.60. The van der Waals surface area contributed by atoms with Crippen LogP contribution >= 0.6 is 11.3 Å². The van der Waals surface area contributed by atoms with E-state index in [1.807, 2.05) is 11.3 Å². The largest absolute Gasteiger partial charge is 0.317 e. The number of thiophene rings is 1. The molecule has 84 valence electrons. The van der Waals surface area contributed by atoms with Gasteiger partial charge in [-0.1, -0.05) is 6.07 Å². The molecule has 1 aromatic heterocycles. The molecule has 0 saturated carbocycles. The maximum absolute atomic E-state index is 3.37. The highest BCUT2D eigenvalue weighted by molar-refractivity contribution is 7.10. The molecule has 1 N–H and O–H groups in total. The van der Waals surface area contributed by atoms with Crippen molar-refractivity contribution in [1.82, 2.24) is 10.2 Å². The number of nitrogens with zero attached hydrogens (tertiary/aromatic N) is 1. The molecule has 0 aromatic carbocycles. The highest BCUT2D eigenvalue weighted by Crippen LogP contribution is 2.27. The molecule has 15 heavy (non-hydrogen) atoms. The zero-order valence-electron chi connectivity index (χ0n) is 9.57. The molecule has 0 aliphatic carbocycles. The Kier molecular flexibility index (Phi) is 3.78. The van der Waals surface area contributed by atoms with Crippen molar-refractivity contribution in [2.75, 3.05) is 20.1 Å². The molecule has 2 rings (SSSR count). The highest BCUT2D eigenvalue weighted by Gasteiger charge is 2.22. The van der Waals surface area contributed by atoms with Crippen molar-refractivity contribution in [3.63, 3.8) is 0 Å². The summed E-state index contributed by atoms with van der Waals surface area (Å²) in [4.78, 5) is 4.09. The van der Waals surface area contributed by atoms with Crippen LogP contribution in [0.2, 0.25) is 0 Å². The smallest absolute Gasteiger partial charge is 0.0413 e. The Morgan fingerprint density at radius 3 is 2.73 bits per heavy atom. The van der Waals surface area contributed by atoms with E-state index in [2.05, 4.69) is 41.7 Å². The lowest BCUT2D eigenvalue weighted by atomic mass is 10.0. The van der Waals surface area contributed by atoms with Crippen molar-refractivity contribution < 1.29 is 0 Å². The van der Waals surface area contributed by atoms with Gasteiger partial charge in [-0.3, -0.25) is 4.90 Å². The molecule has 1 aliphatic rings. The quantitative estimate of drug-likeness (QED) is 0.848. The summed E-state index contributed by atoms with van der Waals surface area (Å²) >= 11 is 1.87. The Balaban J connectivity index is 1.90. The molecule has 1 atom stereocenters. The molecule has 1 saturated heterocycles. The van der Waals surface area contributed by atoms with Gasteiger partial charge in [-0.15, -0.1) is 11.3 Å². The van der Waals surface area contributed by atoms with Crippen molar-refractivity contribution in [3.05, 3.63) is 22.4 Å². The second-order valence-corrected chi connectivity index (χ2v) is 5.27. The Morgan fingerprint density at radius 1 is 1.47 bits per heavy atom. The van der Waals surface area contributed by atoms with Crippen LogP contribution in [0, 0.1) is 0 Å². The van der Waals surface area contributed by atoms with Crippen molar-refractivity contribution in [2.24, 2.45) is 0 Å². The molecular weight excluding hydrogens is 204 g/mol. The molecule has 2 heterocycles. The Labute approximate surface area is 96.3 Å². The van der Waals surface area contributed by atoms with Gasteiger partial charge >= 0.3 is 0 Å². The van der Waals surface area contributed by atoms with Crippen molar-refractivity contribution in [3.8, 4) is 0 Å². The minimum Gasteiger partial charge on any atom is -0.317 e. The Bertz CT molecular complexity index is 276. The van der Waals surface area contributed by atoms with Gasteiger partial charge in [0, 0.05) is 30.1 Å². The Morgan fingerprint density at radius 2 is 2.20 bits per heavy atom. The van der Waals surface area contributed by atoms with Gasteiger partial charge in [0.2, 0.25) is 0 Å². The molecule has 1 fully saturated rings. The van der Waals surface area contributed by atoms with Crippen molar-refractivity contribution >= 4 is 11.3 Å². The monoisotopic (exact) mass is 224 g/mol. The average Bonchev–Trinajstić information content (AvgIpc) is 2.82. The van der Waals surface area contributed by atoms with Crippen LogP contribution in [0.25, 0.3) is 0 Å². The van der Waals surface area contributed by atoms with E-state index in [0.717, 1.165) is 6.04 Å². The van der Waals surface area contributed by atoms with Crippen molar-refractivity contribution in [2.45, 2.75) is 31.8 Å². The van der Waals surface area contributed by atoms with E-state index < -0.39 is 0 Å². The first-order valence-electron chi connectivity index (χ1n) is 5.76. The summed E-state index contributed by atoms with van der Waals surface area (Å²) in [6, 6.07) is 5.73. The van der Waals surface area contributed by atoms with Crippen LogP contribution in [0.4, 0.5) is 0 Å². The predicted octanol–water partition coefficient (Wildman–Crippen LogP) is 2.49. The fraction of sp³-hybridized carbons (Fsp3) is 0.667. The summed E-state index contributed by atoms with van der Waals surface area (Å²) in [5, 5.41) is 5.55. The maximum Gasteiger partial charge on any atom is 0.0413 e. The molecule has 1 aromatic rings. The summed E-state index contributed by atoms with van der Waals surface area (Å²) in [7, 11) is 2.07. The van der Waals surface area contributed by atoms with Crippen LogP contribution in [0.5, 0.6) is 0 Å². The number of likely N-dealkylation sites (tertiary alicyclic amines) is 1. The second kappa shape index (κ2) is 5.10. The maximum atomic E-state index is 3.37. The van der Waals surface area contributed by atoms with Crippen LogP contribution < -0.4 is 5.32 Å². The lowest BCUT2D eigenvalue weighted by molar-refractivity contribution is 0.157. The first-order chi connectivity index (χ1) is 7.31. The standard InChI is InChI=1S/C12H20N2S/c1-10(12-4-3-9-15-12)14-7-5-11(13-2)6-8-14/h3-4,9-11,13H,5-8H2,1-2H3/t10-/m0/s1. The van der Waals surface area contributed by atoms with Gasteiger partial charge in [0.05, 0.1) is 0 Å². The number of nitrogens with one attached hydrogen (secondary N) is 1. The van der Waals surface area contributed by atoms with E-state index in [1.54, 1.807) is 0 Å². The summed E-state index contributed by atoms with van der Waals surface area (Å²) in [5.41, 5.74) is 0. The van der Waals surface area contributed by atoms with E-state index in [1.165, 1.54) is 30.8 Å². The molecule has 1 aliphatic heterocycles. The molecule has 3 heteroatoms. The number of hydrogen-bond acceptors (Lipinski definition) is 3. The van der Waals surface area contributed by atoms with E-state index in [-0.39, 0.29) is 0 Å². The molecular formula is C12H20N2S. The van der Waals surface area contributed by atoms with Crippen LogP contribution in [-0.4, -0.2) is 31.1 Å². The van der Waals surface area contributed by atoms with E-state index in [9.17, 15) is 0 Å². The lowest BCUT2D eigenvalue weighted by Gasteiger charge is -2.35. The summed E-state index contributed by atoms with van der Waals surface area (Å²) in [6.07, 6.45) is 2.57. The van der Waals surface area contributed by atoms with Gasteiger partial charge in [-0.2, -0.15) is 0 Å². The highest BCUT2D eigenvalue weighted by atomic mass is 32.1. The van der Waals surface area contributed by atoms with Gasteiger partial charge in [-0.25, -0.2) is 0 Å². The number of rotatable bonds is 3. The SMILES string of the molecule is CNC1CCN([C@@H](C)c2cccs2)CC1. The first kappa shape index (κ1) is 11.1. The minimum atomic E-state index is 0.600. The summed E-state index contributed by atoms with van der Waals surface area (Å²) in [5.74, 6) is 0. The zero-order chi connectivity index (χ0) is 10.7. The molecule has 0 spiro atoms. The van der Waals surface area contributed by atoms with Gasteiger partial charge < -0.3 is 5.32 Å².